The van der Waals surface area contributed by atoms with E-state index in [0.29, 0.717) is 6.04 Å². The van der Waals surface area contributed by atoms with E-state index >= 15 is 0 Å². The number of nitrogens with zero attached hydrogens (tertiary/aromatic N) is 2. The van der Waals surface area contributed by atoms with E-state index in [1.807, 2.05) is 6.07 Å². The van der Waals surface area contributed by atoms with E-state index < -0.39 is 0 Å². The molecule has 4 nitrogen and oxygen atoms in total. The van der Waals surface area contributed by atoms with E-state index in [2.05, 4.69) is 31.2 Å². The summed E-state index contributed by atoms with van der Waals surface area (Å²) >= 11 is 3.31. The maximum absolute atomic E-state index is 5.28. The lowest BCUT2D eigenvalue weighted by Gasteiger charge is -2.23. The fraction of sp³-hybridized carbons (Fsp3) is 0.556. The highest BCUT2D eigenvalue weighted by Gasteiger charge is 2.13. The third-order valence-electron chi connectivity index (χ3n) is 2.21. The molecular weight excluding hydrogens is 246 g/mol. The highest BCUT2D eigenvalue weighted by molar-refractivity contribution is 9.10. The van der Waals surface area contributed by atoms with Crippen LogP contribution in [0.5, 0.6) is 0 Å². The molecule has 0 amide bonds. The van der Waals surface area contributed by atoms with E-state index in [4.69, 9.17) is 4.74 Å². The highest BCUT2D eigenvalue weighted by atomic mass is 79.9. The van der Waals surface area contributed by atoms with Gasteiger partial charge in [-0.25, -0.2) is 9.97 Å². The van der Waals surface area contributed by atoms with Gasteiger partial charge in [-0.05, 0) is 28.8 Å². The van der Waals surface area contributed by atoms with Crippen LogP contribution in [0.1, 0.15) is 12.8 Å². The molecule has 1 aliphatic rings. The smallest absolute Gasteiger partial charge is 0.130 e. The number of nitrogens with one attached hydrogen (secondary N) is 1. The minimum absolute atomic E-state index is 0.477. The van der Waals surface area contributed by atoms with Crippen molar-refractivity contribution in [2.24, 2.45) is 0 Å². The van der Waals surface area contributed by atoms with Crippen LogP contribution in [0.2, 0.25) is 0 Å². The topological polar surface area (TPSA) is 47.0 Å². The Hall–Kier alpha value is -0.680. The average Bonchev–Trinajstić information content (AvgIpc) is 2.19. The van der Waals surface area contributed by atoms with Gasteiger partial charge in [-0.3, -0.25) is 0 Å². The molecule has 2 rings (SSSR count). The molecular formula is C9H12BrN3O. The molecule has 0 aromatic carbocycles. The molecule has 0 saturated carbocycles. The molecule has 1 fully saturated rings. The minimum Gasteiger partial charge on any atom is -0.381 e. The van der Waals surface area contributed by atoms with Gasteiger partial charge < -0.3 is 10.1 Å². The number of rotatable bonds is 2. The molecule has 1 aliphatic heterocycles. The molecule has 1 saturated heterocycles. The van der Waals surface area contributed by atoms with Gasteiger partial charge in [0.05, 0.1) is 0 Å². The minimum atomic E-state index is 0.477. The molecule has 0 radical (unpaired) electrons. The van der Waals surface area contributed by atoms with Crippen molar-refractivity contribution in [2.45, 2.75) is 18.9 Å². The predicted molar refractivity (Wildman–Crippen MR) is 57.2 cm³/mol. The first-order valence-corrected chi connectivity index (χ1v) is 5.46. The molecule has 14 heavy (non-hydrogen) atoms. The lowest BCUT2D eigenvalue weighted by atomic mass is 10.1. The van der Waals surface area contributed by atoms with Gasteiger partial charge >= 0.3 is 0 Å². The van der Waals surface area contributed by atoms with Crippen LogP contribution >= 0.6 is 15.9 Å². The molecule has 0 spiro atoms. The van der Waals surface area contributed by atoms with Gasteiger partial charge in [0.2, 0.25) is 0 Å². The zero-order valence-corrected chi connectivity index (χ0v) is 9.33. The van der Waals surface area contributed by atoms with E-state index in [0.717, 1.165) is 36.5 Å². The Kier molecular flexibility index (Phi) is 3.31. The first-order chi connectivity index (χ1) is 6.84. The number of hydrogen-bond donors (Lipinski definition) is 1. The van der Waals surface area contributed by atoms with E-state index in [1.54, 1.807) is 6.33 Å². The highest BCUT2D eigenvalue weighted by Crippen LogP contribution is 2.15. The van der Waals surface area contributed by atoms with Crippen LogP contribution in [0.4, 0.5) is 5.82 Å². The van der Waals surface area contributed by atoms with Crippen molar-refractivity contribution in [3.05, 3.63) is 17.0 Å². The Bertz CT molecular complexity index is 302. The van der Waals surface area contributed by atoms with Crippen molar-refractivity contribution >= 4 is 21.7 Å². The summed E-state index contributed by atoms with van der Waals surface area (Å²) in [6.45, 7) is 1.67. The molecule has 76 valence electrons. The van der Waals surface area contributed by atoms with Crippen LogP contribution in [-0.4, -0.2) is 29.2 Å². The van der Waals surface area contributed by atoms with Gasteiger partial charge in [0, 0.05) is 25.3 Å². The molecule has 1 N–H and O–H groups in total. The molecule has 0 bridgehead atoms. The number of halogens is 1. The normalized spacial score (nSPS) is 18.1. The maximum atomic E-state index is 5.28. The number of aromatic nitrogens is 2. The summed E-state index contributed by atoms with van der Waals surface area (Å²) in [4.78, 5) is 8.11. The van der Waals surface area contributed by atoms with Crippen molar-refractivity contribution in [1.29, 1.82) is 0 Å². The van der Waals surface area contributed by atoms with Crippen molar-refractivity contribution < 1.29 is 4.74 Å². The first kappa shape index (κ1) is 9.86. The Morgan fingerprint density at radius 1 is 1.36 bits per heavy atom. The predicted octanol–water partition coefficient (Wildman–Crippen LogP) is 1.83. The van der Waals surface area contributed by atoms with Crippen LogP contribution in [0.15, 0.2) is 17.0 Å². The monoisotopic (exact) mass is 257 g/mol. The van der Waals surface area contributed by atoms with Gasteiger partial charge in [0.1, 0.15) is 16.7 Å². The fourth-order valence-corrected chi connectivity index (χ4v) is 1.77. The second-order valence-electron chi connectivity index (χ2n) is 3.26. The Morgan fingerprint density at radius 3 is 2.86 bits per heavy atom. The van der Waals surface area contributed by atoms with Crippen molar-refractivity contribution in [2.75, 3.05) is 18.5 Å². The van der Waals surface area contributed by atoms with E-state index in [-0.39, 0.29) is 0 Å². The van der Waals surface area contributed by atoms with Gasteiger partial charge in [-0.15, -0.1) is 0 Å². The number of anilines is 1. The number of hydrogen-bond acceptors (Lipinski definition) is 4. The van der Waals surface area contributed by atoms with E-state index in [9.17, 15) is 0 Å². The second-order valence-corrected chi connectivity index (χ2v) is 4.07. The lowest BCUT2D eigenvalue weighted by Crippen LogP contribution is -2.28. The zero-order chi connectivity index (χ0) is 9.80. The second kappa shape index (κ2) is 4.70. The summed E-state index contributed by atoms with van der Waals surface area (Å²) in [5.41, 5.74) is 0. The summed E-state index contributed by atoms with van der Waals surface area (Å²) in [5.74, 6) is 0.874. The van der Waals surface area contributed by atoms with Crippen molar-refractivity contribution in [3.63, 3.8) is 0 Å². The summed E-state index contributed by atoms with van der Waals surface area (Å²) in [6.07, 6.45) is 3.63. The summed E-state index contributed by atoms with van der Waals surface area (Å²) in [6, 6.07) is 2.36. The fourth-order valence-electron chi connectivity index (χ4n) is 1.46. The van der Waals surface area contributed by atoms with Crippen LogP contribution in [0, 0.1) is 0 Å². The molecule has 1 aromatic heterocycles. The average molecular weight is 258 g/mol. The molecule has 0 atom stereocenters. The Labute approximate surface area is 91.2 Å². The molecule has 0 unspecified atom stereocenters. The van der Waals surface area contributed by atoms with Crippen LogP contribution < -0.4 is 5.32 Å². The van der Waals surface area contributed by atoms with Crippen LogP contribution in [0.3, 0.4) is 0 Å². The molecule has 2 heterocycles. The third kappa shape index (κ3) is 2.65. The van der Waals surface area contributed by atoms with Crippen molar-refractivity contribution in [1.82, 2.24) is 9.97 Å². The van der Waals surface area contributed by atoms with Gasteiger partial charge in [-0.1, -0.05) is 0 Å². The summed E-state index contributed by atoms with van der Waals surface area (Å²) in [5, 5.41) is 3.36. The van der Waals surface area contributed by atoms with Crippen molar-refractivity contribution in [3.8, 4) is 0 Å². The number of ether oxygens (including phenoxy) is 1. The SMILES string of the molecule is Brc1cc(NC2CCOCC2)ncn1. The quantitative estimate of drug-likeness (QED) is 0.822. The molecule has 1 aromatic rings. The van der Waals surface area contributed by atoms with Crippen LogP contribution in [0.25, 0.3) is 0 Å². The molecule has 5 heteroatoms. The third-order valence-corrected chi connectivity index (χ3v) is 2.64. The van der Waals surface area contributed by atoms with Crippen LogP contribution in [-0.2, 0) is 4.74 Å². The van der Waals surface area contributed by atoms with E-state index in [1.165, 1.54) is 0 Å². The van der Waals surface area contributed by atoms with Gasteiger partial charge in [-0.2, -0.15) is 0 Å². The Balaban J connectivity index is 1.95. The largest absolute Gasteiger partial charge is 0.381 e. The summed E-state index contributed by atoms with van der Waals surface area (Å²) in [7, 11) is 0. The lowest BCUT2D eigenvalue weighted by molar-refractivity contribution is 0.0904. The zero-order valence-electron chi connectivity index (χ0n) is 7.74. The summed E-state index contributed by atoms with van der Waals surface area (Å²) < 4.78 is 6.09. The van der Waals surface area contributed by atoms with Gasteiger partial charge in [0.25, 0.3) is 0 Å². The molecule has 0 aliphatic carbocycles. The maximum Gasteiger partial charge on any atom is 0.130 e. The van der Waals surface area contributed by atoms with Gasteiger partial charge in [0.15, 0.2) is 0 Å². The first-order valence-electron chi connectivity index (χ1n) is 4.66. The standard InChI is InChI=1S/C9H12BrN3O/c10-8-5-9(12-6-11-8)13-7-1-3-14-4-2-7/h5-7H,1-4H2,(H,11,12,13). The Morgan fingerprint density at radius 2 is 2.14 bits per heavy atom.